The zero-order valence-electron chi connectivity index (χ0n) is 30.2. The lowest BCUT2D eigenvalue weighted by molar-refractivity contribution is -0.137. The number of hydrogen-bond donors (Lipinski definition) is 4. The molecule has 0 radical (unpaired) electrons. The van der Waals surface area contributed by atoms with Gasteiger partial charge >= 0.3 is 12.2 Å². The number of rotatable bonds is 11. The molecule has 2 aliphatic heterocycles. The van der Waals surface area contributed by atoms with Gasteiger partial charge in [-0.3, -0.25) is 9.78 Å². The molecule has 282 valence electrons. The molecule has 0 saturated carbocycles. The van der Waals surface area contributed by atoms with Crippen LogP contribution in [0.15, 0.2) is 91.3 Å². The van der Waals surface area contributed by atoms with Crippen molar-refractivity contribution in [2.45, 2.75) is 50.7 Å². The predicted octanol–water partition coefficient (Wildman–Crippen LogP) is 7.16. The molecule has 3 heterocycles. The molecule has 0 spiro atoms. The third-order valence-corrected chi connectivity index (χ3v) is 9.67. The van der Waals surface area contributed by atoms with Crippen LogP contribution in [0.2, 0.25) is 0 Å². The fraction of sp³-hybridized carbons (Fsp3) is 0.357. The number of carbonyl (C=O) groups is 2. The lowest BCUT2D eigenvalue weighted by Gasteiger charge is -2.36. The van der Waals surface area contributed by atoms with E-state index >= 15 is 0 Å². The zero-order valence-corrected chi connectivity index (χ0v) is 30.2. The van der Waals surface area contributed by atoms with E-state index in [0.29, 0.717) is 48.6 Å². The number of anilines is 3. The number of carbonyl (C=O) groups excluding carboxylic acids is 2. The third kappa shape index (κ3) is 11.2. The molecule has 3 aromatic carbocycles. The van der Waals surface area contributed by atoms with Crippen molar-refractivity contribution in [3.8, 4) is 11.8 Å². The van der Waals surface area contributed by atoms with Gasteiger partial charge < -0.3 is 31.1 Å². The minimum absolute atomic E-state index is 0.00164. The van der Waals surface area contributed by atoms with Gasteiger partial charge in [0, 0.05) is 73.7 Å². The van der Waals surface area contributed by atoms with Gasteiger partial charge in [0.05, 0.1) is 16.8 Å². The maximum atomic E-state index is 13.1. The van der Waals surface area contributed by atoms with Crippen molar-refractivity contribution in [3.05, 3.63) is 119 Å². The van der Waals surface area contributed by atoms with Gasteiger partial charge in [0.15, 0.2) is 0 Å². The molecule has 1 atom stereocenters. The van der Waals surface area contributed by atoms with Crippen LogP contribution in [0.4, 0.5) is 35.0 Å². The number of amides is 3. The summed E-state index contributed by atoms with van der Waals surface area (Å²) in [5.74, 6) is 6.43. The second-order valence-corrected chi connectivity index (χ2v) is 13.7. The lowest BCUT2D eigenvalue weighted by atomic mass is 10.0. The van der Waals surface area contributed by atoms with Gasteiger partial charge in [0.25, 0.3) is 5.91 Å². The summed E-state index contributed by atoms with van der Waals surface area (Å²) >= 11 is 0. The molecule has 1 aromatic heterocycles. The van der Waals surface area contributed by atoms with Gasteiger partial charge in [0.1, 0.15) is 0 Å². The Kier molecular flexibility index (Phi) is 13.1. The van der Waals surface area contributed by atoms with Crippen LogP contribution in [-0.4, -0.2) is 73.7 Å². The number of nitrogens with zero attached hydrogens (tertiary/aromatic N) is 3. The Labute approximate surface area is 314 Å². The van der Waals surface area contributed by atoms with Crippen molar-refractivity contribution in [1.82, 2.24) is 20.5 Å². The molecule has 9 nitrogen and oxygen atoms in total. The summed E-state index contributed by atoms with van der Waals surface area (Å²) in [6.07, 6.45) is 5.16. The first-order chi connectivity index (χ1) is 26.2. The number of hydrogen-bond acceptors (Lipinski definition) is 6. The SMILES string of the molecule is O=C(NCCc1cccnc1)Nc1ccc(N2CCCC(Nc3ccc(C(F)(F)F)cc3)C2)c(C#Cc2ccc(C(=O)NCCN3CCCCC3)cc2)c1. The highest BCUT2D eigenvalue weighted by molar-refractivity contribution is 5.94. The van der Waals surface area contributed by atoms with Crippen molar-refractivity contribution in [3.63, 3.8) is 0 Å². The molecule has 2 aliphatic rings. The highest BCUT2D eigenvalue weighted by Crippen LogP contribution is 2.31. The molecule has 2 saturated heterocycles. The van der Waals surface area contributed by atoms with E-state index < -0.39 is 11.7 Å². The Bertz CT molecular complexity index is 1900. The molecule has 2 fully saturated rings. The van der Waals surface area contributed by atoms with Gasteiger partial charge in [-0.05, 0) is 124 Å². The van der Waals surface area contributed by atoms with E-state index in [1.807, 2.05) is 42.5 Å². The molecule has 6 rings (SSSR count). The van der Waals surface area contributed by atoms with E-state index in [4.69, 9.17) is 0 Å². The average Bonchev–Trinajstić information content (AvgIpc) is 3.18. The van der Waals surface area contributed by atoms with E-state index in [1.165, 1.54) is 31.4 Å². The van der Waals surface area contributed by atoms with E-state index in [1.54, 1.807) is 24.5 Å². The monoisotopic (exact) mass is 737 g/mol. The van der Waals surface area contributed by atoms with Crippen LogP contribution in [0.3, 0.4) is 0 Å². The number of alkyl halides is 3. The van der Waals surface area contributed by atoms with Crippen LogP contribution in [0.5, 0.6) is 0 Å². The summed E-state index contributed by atoms with van der Waals surface area (Å²) in [5, 5.41) is 12.2. The normalized spacial score (nSPS) is 16.1. The van der Waals surface area contributed by atoms with Crippen molar-refractivity contribution >= 4 is 29.0 Å². The number of piperidine rings is 2. The van der Waals surface area contributed by atoms with Crippen molar-refractivity contribution < 1.29 is 22.8 Å². The van der Waals surface area contributed by atoms with Gasteiger partial charge in [0.2, 0.25) is 0 Å². The molecule has 4 aromatic rings. The van der Waals surface area contributed by atoms with Crippen molar-refractivity contribution in [1.29, 1.82) is 0 Å². The van der Waals surface area contributed by atoms with Crippen LogP contribution >= 0.6 is 0 Å². The third-order valence-electron chi connectivity index (χ3n) is 9.67. The maximum absolute atomic E-state index is 13.1. The van der Waals surface area contributed by atoms with E-state index in [9.17, 15) is 22.8 Å². The molecular weight excluding hydrogens is 692 g/mol. The van der Waals surface area contributed by atoms with E-state index in [2.05, 4.69) is 47.9 Å². The summed E-state index contributed by atoms with van der Waals surface area (Å²) in [4.78, 5) is 34.3. The van der Waals surface area contributed by atoms with Crippen LogP contribution < -0.4 is 26.2 Å². The molecule has 3 amide bonds. The molecule has 1 unspecified atom stereocenters. The first-order valence-electron chi connectivity index (χ1n) is 18.6. The first-order valence-corrected chi connectivity index (χ1v) is 18.6. The number of nitrogens with one attached hydrogen (secondary N) is 4. The fourth-order valence-corrected chi connectivity index (χ4v) is 6.79. The summed E-state index contributed by atoms with van der Waals surface area (Å²) in [6.45, 7) is 5.44. The summed E-state index contributed by atoms with van der Waals surface area (Å²) in [5.41, 5.74) is 4.44. The standard InChI is InChI=1S/C42H46F3N7O2/c43-42(44,45)35-14-16-36(17-15-35)49-38-7-5-26-52(30-38)39-19-18-37(50-41(54)48-22-20-32-6-4-21-46-29-32)28-34(39)13-10-31-8-11-33(12-9-31)40(53)47-23-27-51-24-2-1-3-25-51/h4,6,8-9,11-12,14-19,21,28-29,38,49H,1-3,5,7,20,22-27,30H2,(H,47,53)(H2,48,50,54). The summed E-state index contributed by atoms with van der Waals surface area (Å²) in [7, 11) is 0. The fourth-order valence-electron chi connectivity index (χ4n) is 6.79. The van der Waals surface area contributed by atoms with Gasteiger partial charge in [-0.2, -0.15) is 13.2 Å². The smallest absolute Gasteiger partial charge is 0.381 e. The van der Waals surface area contributed by atoms with Crippen molar-refractivity contribution in [2.24, 2.45) is 0 Å². The minimum Gasteiger partial charge on any atom is -0.381 e. The number of likely N-dealkylation sites (tertiary alicyclic amines) is 1. The Balaban J connectivity index is 1.14. The first kappa shape index (κ1) is 38.2. The van der Waals surface area contributed by atoms with Crippen LogP contribution in [0, 0.1) is 11.8 Å². The number of halogens is 3. The van der Waals surface area contributed by atoms with Crippen molar-refractivity contribution in [2.75, 3.05) is 61.3 Å². The lowest BCUT2D eigenvalue weighted by Crippen LogP contribution is -2.42. The molecule has 54 heavy (non-hydrogen) atoms. The van der Waals surface area contributed by atoms with E-state index in [0.717, 1.165) is 68.0 Å². The Morgan fingerprint density at radius 3 is 2.35 bits per heavy atom. The zero-order chi connectivity index (χ0) is 37.8. The highest BCUT2D eigenvalue weighted by atomic mass is 19.4. The number of benzene rings is 3. The molecule has 0 aliphatic carbocycles. The number of aromatic nitrogens is 1. The molecular formula is C42H46F3N7O2. The molecule has 12 heteroatoms. The quantitative estimate of drug-likeness (QED) is 0.122. The Morgan fingerprint density at radius 2 is 1.61 bits per heavy atom. The minimum atomic E-state index is -4.39. The van der Waals surface area contributed by atoms with Crippen LogP contribution in [-0.2, 0) is 12.6 Å². The summed E-state index contributed by atoms with van der Waals surface area (Å²) in [6, 6.07) is 21.4. The van der Waals surface area contributed by atoms with Crippen LogP contribution in [0.25, 0.3) is 0 Å². The number of pyridine rings is 1. The largest absolute Gasteiger partial charge is 0.416 e. The second kappa shape index (κ2) is 18.5. The second-order valence-electron chi connectivity index (χ2n) is 13.7. The van der Waals surface area contributed by atoms with E-state index in [-0.39, 0.29) is 18.0 Å². The van der Waals surface area contributed by atoms with Gasteiger partial charge in [-0.1, -0.05) is 24.3 Å². The Morgan fingerprint density at radius 1 is 0.833 bits per heavy atom. The maximum Gasteiger partial charge on any atom is 0.416 e. The number of urea groups is 1. The van der Waals surface area contributed by atoms with Crippen LogP contribution in [0.1, 0.15) is 64.7 Å². The summed E-state index contributed by atoms with van der Waals surface area (Å²) < 4.78 is 39.3. The highest BCUT2D eigenvalue weighted by Gasteiger charge is 2.30. The Hall–Kier alpha value is -5.54. The predicted molar refractivity (Wildman–Crippen MR) is 207 cm³/mol. The van der Waals surface area contributed by atoms with Gasteiger partial charge in [-0.25, -0.2) is 4.79 Å². The molecule has 0 bridgehead atoms. The average molecular weight is 738 g/mol. The topological polar surface area (TPSA) is 102 Å². The van der Waals surface area contributed by atoms with Gasteiger partial charge in [-0.15, -0.1) is 0 Å². The molecule has 4 N–H and O–H groups in total.